The van der Waals surface area contributed by atoms with Gasteiger partial charge in [-0.3, -0.25) is 20.4 Å². The van der Waals surface area contributed by atoms with E-state index in [0.29, 0.717) is 11.9 Å². The minimum Gasteiger partial charge on any atom is -0.380 e. The van der Waals surface area contributed by atoms with Crippen molar-refractivity contribution in [3.05, 3.63) is 40.9 Å². The van der Waals surface area contributed by atoms with Gasteiger partial charge < -0.3 is 5.11 Å². The molecule has 0 radical (unpaired) electrons. The van der Waals surface area contributed by atoms with Gasteiger partial charge in [-0.15, -0.1) is 11.3 Å². The molecule has 1 heterocycles. The number of hydrogen-bond donors (Lipinski definition) is 3. The number of aryl methyl sites for hydroxylation is 1. The van der Waals surface area contributed by atoms with Gasteiger partial charge in [0.15, 0.2) is 5.60 Å². The summed E-state index contributed by atoms with van der Waals surface area (Å²) in [4.78, 5) is 27.7. The van der Waals surface area contributed by atoms with Gasteiger partial charge in [0.25, 0.3) is 5.91 Å². The van der Waals surface area contributed by atoms with E-state index in [2.05, 4.69) is 4.98 Å². The summed E-state index contributed by atoms with van der Waals surface area (Å²) in [6.45, 7) is 2.51. The van der Waals surface area contributed by atoms with Crippen molar-refractivity contribution in [1.29, 1.82) is 0 Å². The number of hydrogen-bond acceptors (Lipinski definition) is 5. The Hall–Kier alpha value is -2.46. The number of benzene rings is 1. The van der Waals surface area contributed by atoms with E-state index in [1.165, 1.54) is 16.7 Å². The maximum atomic E-state index is 12.5. The molecule has 27 heavy (non-hydrogen) atoms. The maximum absolute atomic E-state index is 12.5. The molecule has 10 heteroatoms. The summed E-state index contributed by atoms with van der Waals surface area (Å²) in [6, 6.07) is 7.65. The fourth-order valence-electron chi connectivity index (χ4n) is 2.04. The van der Waals surface area contributed by atoms with Crippen LogP contribution in [0.2, 0.25) is 0 Å². The number of carbonyl (C=O) groups excluding carboxylic acids is 2. The molecule has 2 aromatic rings. The average Bonchev–Trinajstić information content (AvgIpc) is 3.08. The molecule has 0 bridgehead atoms. The van der Waals surface area contributed by atoms with Crippen LogP contribution in [-0.4, -0.2) is 33.7 Å². The third kappa shape index (κ3) is 5.27. The van der Waals surface area contributed by atoms with Crippen molar-refractivity contribution in [1.82, 2.24) is 15.8 Å². The number of halogens is 3. The van der Waals surface area contributed by atoms with Gasteiger partial charge in [0.2, 0.25) is 5.91 Å². The Morgan fingerprint density at radius 3 is 2.37 bits per heavy atom. The molecule has 0 unspecified atom stereocenters. The minimum absolute atomic E-state index is 0.0115. The maximum Gasteiger partial charge on any atom is 0.417 e. The Balaban J connectivity index is 1.95. The first-order chi connectivity index (χ1) is 12.5. The summed E-state index contributed by atoms with van der Waals surface area (Å²) in [6.07, 6.45) is -5.32. The van der Waals surface area contributed by atoms with E-state index in [1.54, 1.807) is 0 Å². The quantitative estimate of drug-likeness (QED) is 0.672. The number of hydrazine groups is 1. The summed E-state index contributed by atoms with van der Waals surface area (Å²) >= 11 is 1.22. The van der Waals surface area contributed by atoms with Crippen LogP contribution in [0.5, 0.6) is 0 Å². The second-order valence-corrected chi connectivity index (χ2v) is 6.90. The normalized spacial score (nSPS) is 13.7. The predicted octanol–water partition coefficient (Wildman–Crippen LogP) is 2.84. The van der Waals surface area contributed by atoms with E-state index in [9.17, 15) is 27.9 Å². The summed E-state index contributed by atoms with van der Waals surface area (Å²) in [5.74, 6) is -1.96. The van der Waals surface area contributed by atoms with Crippen LogP contribution in [0.15, 0.2) is 29.6 Å². The lowest BCUT2D eigenvalue weighted by atomic mass is 10.0. The van der Waals surface area contributed by atoms with Crippen molar-refractivity contribution >= 4 is 23.2 Å². The van der Waals surface area contributed by atoms with Crippen LogP contribution in [0.1, 0.15) is 36.3 Å². The zero-order valence-electron chi connectivity index (χ0n) is 14.6. The number of carbonyl (C=O) groups is 2. The lowest BCUT2D eigenvalue weighted by Crippen LogP contribution is -2.49. The molecule has 1 aromatic heterocycles. The molecule has 1 aromatic carbocycles. The van der Waals surface area contributed by atoms with Crippen molar-refractivity contribution in [3.8, 4) is 10.6 Å². The Labute approximate surface area is 157 Å². The molecule has 0 saturated carbocycles. The van der Waals surface area contributed by atoms with Crippen molar-refractivity contribution in [3.63, 3.8) is 0 Å². The molecule has 3 N–H and O–H groups in total. The van der Waals surface area contributed by atoms with E-state index in [-0.39, 0.29) is 5.69 Å². The second kappa shape index (κ2) is 8.05. The van der Waals surface area contributed by atoms with E-state index in [0.717, 1.165) is 17.5 Å². The van der Waals surface area contributed by atoms with E-state index in [4.69, 9.17) is 0 Å². The number of alkyl halides is 3. The molecule has 1 atom stereocenters. The Morgan fingerprint density at radius 1 is 1.19 bits per heavy atom. The highest BCUT2D eigenvalue weighted by molar-refractivity contribution is 7.13. The van der Waals surface area contributed by atoms with Gasteiger partial charge in [0.05, 0.1) is 6.42 Å². The highest BCUT2D eigenvalue weighted by Gasteiger charge is 2.51. The van der Waals surface area contributed by atoms with Crippen LogP contribution in [-0.2, 0) is 11.2 Å². The van der Waals surface area contributed by atoms with Crippen molar-refractivity contribution in [2.75, 3.05) is 0 Å². The van der Waals surface area contributed by atoms with E-state index in [1.807, 2.05) is 42.0 Å². The monoisotopic (exact) mass is 401 g/mol. The number of aromatic nitrogens is 1. The van der Waals surface area contributed by atoms with Crippen LogP contribution in [0.3, 0.4) is 0 Å². The van der Waals surface area contributed by atoms with E-state index >= 15 is 0 Å². The molecule has 146 valence electrons. The summed E-state index contributed by atoms with van der Waals surface area (Å²) in [5.41, 5.74) is 2.62. The predicted molar refractivity (Wildman–Crippen MR) is 93.8 cm³/mol. The molecule has 0 fully saturated rings. The van der Waals surface area contributed by atoms with Gasteiger partial charge in [-0.25, -0.2) is 4.98 Å². The molecule has 0 aliphatic heterocycles. The van der Waals surface area contributed by atoms with Gasteiger partial charge in [-0.2, -0.15) is 13.2 Å². The Morgan fingerprint density at radius 2 is 1.81 bits per heavy atom. The number of amides is 2. The fraction of sp³-hybridized carbons (Fsp3) is 0.353. The topological polar surface area (TPSA) is 91.3 Å². The molecule has 2 amide bonds. The van der Waals surface area contributed by atoms with Gasteiger partial charge >= 0.3 is 6.18 Å². The van der Waals surface area contributed by atoms with Crippen LogP contribution < -0.4 is 10.9 Å². The van der Waals surface area contributed by atoms with Crippen LogP contribution in [0.25, 0.3) is 10.6 Å². The molecule has 0 aliphatic rings. The lowest BCUT2D eigenvalue weighted by Gasteiger charge is -2.25. The molecule has 0 saturated heterocycles. The van der Waals surface area contributed by atoms with Crippen molar-refractivity contribution in [2.24, 2.45) is 0 Å². The summed E-state index contributed by atoms with van der Waals surface area (Å²) < 4.78 is 37.6. The summed E-state index contributed by atoms with van der Waals surface area (Å²) in [5, 5.41) is 11.3. The highest BCUT2D eigenvalue weighted by atomic mass is 32.1. The number of thiazole rings is 1. The van der Waals surface area contributed by atoms with Gasteiger partial charge in [0, 0.05) is 10.9 Å². The molecule has 2 rings (SSSR count). The van der Waals surface area contributed by atoms with Crippen LogP contribution >= 0.6 is 11.3 Å². The number of nitrogens with one attached hydrogen (secondary N) is 2. The van der Waals surface area contributed by atoms with Crippen LogP contribution in [0, 0.1) is 0 Å². The van der Waals surface area contributed by atoms with Gasteiger partial charge in [0.1, 0.15) is 10.7 Å². The standard InChI is InChI=1S/C17H18F3N3O3S/c1-3-10-4-6-11(7-5-10)15-21-12(9-27-15)14(25)23-22-13(24)8-16(2,26)17(18,19)20/h4-7,9,26H,3,8H2,1-2H3,(H,22,24)(H,23,25)/t16-/m1/s1. The third-order valence-corrected chi connectivity index (χ3v) is 4.67. The first kappa shape index (κ1) is 20.8. The van der Waals surface area contributed by atoms with Gasteiger partial charge in [-0.1, -0.05) is 31.2 Å². The van der Waals surface area contributed by atoms with Crippen molar-refractivity contribution in [2.45, 2.75) is 38.5 Å². The zero-order chi connectivity index (χ0) is 20.2. The largest absolute Gasteiger partial charge is 0.417 e. The zero-order valence-corrected chi connectivity index (χ0v) is 15.4. The van der Waals surface area contributed by atoms with E-state index < -0.39 is 30.0 Å². The number of nitrogens with zero attached hydrogens (tertiary/aromatic N) is 1. The first-order valence-electron chi connectivity index (χ1n) is 7.96. The van der Waals surface area contributed by atoms with Crippen LogP contribution in [0.4, 0.5) is 13.2 Å². The first-order valence-corrected chi connectivity index (χ1v) is 8.84. The highest BCUT2D eigenvalue weighted by Crippen LogP contribution is 2.32. The second-order valence-electron chi connectivity index (χ2n) is 6.04. The molecule has 0 spiro atoms. The average molecular weight is 401 g/mol. The summed E-state index contributed by atoms with van der Waals surface area (Å²) in [7, 11) is 0. The lowest BCUT2D eigenvalue weighted by molar-refractivity contribution is -0.253. The Bertz CT molecular complexity index is 817. The molecule has 0 aliphatic carbocycles. The molecular formula is C17H18F3N3O3S. The fourth-order valence-corrected chi connectivity index (χ4v) is 2.85. The number of rotatable bonds is 5. The minimum atomic E-state index is -4.97. The Kier molecular flexibility index (Phi) is 6.22. The van der Waals surface area contributed by atoms with Gasteiger partial charge in [-0.05, 0) is 18.9 Å². The third-order valence-electron chi connectivity index (χ3n) is 3.78. The van der Waals surface area contributed by atoms with Crippen molar-refractivity contribution < 1.29 is 27.9 Å². The smallest absolute Gasteiger partial charge is 0.380 e. The number of aliphatic hydroxyl groups is 1. The SMILES string of the molecule is CCc1ccc(-c2nc(C(=O)NNC(=O)C[C@@](C)(O)C(F)(F)F)cs2)cc1. The molecular weight excluding hydrogens is 383 g/mol. The molecule has 6 nitrogen and oxygen atoms in total.